The summed E-state index contributed by atoms with van der Waals surface area (Å²) in [4.78, 5) is 0. The van der Waals surface area contributed by atoms with Crippen LogP contribution < -0.4 is 10.1 Å². The molecule has 0 saturated carbocycles. The summed E-state index contributed by atoms with van der Waals surface area (Å²) in [6.07, 6.45) is 2.85. The van der Waals surface area contributed by atoms with Crippen LogP contribution in [0.15, 0.2) is 60.7 Å². The van der Waals surface area contributed by atoms with Crippen LogP contribution in [0, 0.1) is 0 Å². The number of aromatic hydroxyl groups is 1. The van der Waals surface area contributed by atoms with Crippen LogP contribution in [-0.4, -0.2) is 10.6 Å². The van der Waals surface area contributed by atoms with Crippen molar-refractivity contribution in [3.05, 3.63) is 82.4 Å². The third-order valence-corrected chi connectivity index (χ3v) is 6.26. The minimum absolute atomic E-state index is 0.0655. The molecule has 3 aromatic carbocycles. The zero-order chi connectivity index (χ0) is 21.0. The first kappa shape index (κ1) is 19.1. The number of hydrogen-bond acceptors (Lipinski definition) is 3. The highest BCUT2D eigenvalue weighted by atomic mass is 35.5. The summed E-state index contributed by atoms with van der Waals surface area (Å²) in [7, 11) is 0. The summed E-state index contributed by atoms with van der Waals surface area (Å²) in [5, 5.41) is 14.2. The van der Waals surface area contributed by atoms with Gasteiger partial charge in [0.15, 0.2) is 0 Å². The van der Waals surface area contributed by atoms with Crippen molar-refractivity contribution in [2.24, 2.45) is 0 Å². The van der Waals surface area contributed by atoms with Gasteiger partial charge in [-0.25, -0.2) is 0 Å². The third kappa shape index (κ3) is 3.05. The van der Waals surface area contributed by atoms with Crippen LogP contribution in [-0.2, 0) is 6.42 Å². The number of nitrogens with one attached hydrogen (secondary N) is 1. The highest BCUT2D eigenvalue weighted by molar-refractivity contribution is 6.35. The largest absolute Gasteiger partial charge is 0.506 e. The number of phenolic OH excluding ortho intramolecular Hbond substituents is 1. The van der Waals surface area contributed by atoms with Gasteiger partial charge in [-0.05, 0) is 55.7 Å². The van der Waals surface area contributed by atoms with Crippen molar-refractivity contribution in [2.45, 2.75) is 38.8 Å². The molecule has 2 heterocycles. The minimum atomic E-state index is -0.156. The monoisotopic (exact) mass is 417 g/mol. The van der Waals surface area contributed by atoms with Gasteiger partial charge in [0.25, 0.3) is 0 Å². The molecule has 0 radical (unpaired) electrons. The first-order valence-corrected chi connectivity index (χ1v) is 10.6. The number of benzene rings is 3. The van der Waals surface area contributed by atoms with Crippen LogP contribution in [0.2, 0.25) is 5.02 Å². The molecule has 0 aliphatic carbocycles. The van der Waals surface area contributed by atoms with E-state index >= 15 is 0 Å². The Kier molecular flexibility index (Phi) is 4.33. The Morgan fingerprint density at radius 2 is 1.80 bits per heavy atom. The van der Waals surface area contributed by atoms with E-state index in [-0.39, 0.29) is 17.4 Å². The zero-order valence-electron chi connectivity index (χ0n) is 17.3. The fraction of sp³-hybridized carbons (Fsp3) is 0.231. The van der Waals surface area contributed by atoms with Gasteiger partial charge < -0.3 is 15.2 Å². The SMILES string of the molecule is CC1=CC(C)(C)Nc2ccc3c(c21)C(Cc1ccccc1)Oc1ccc(O)c(Cl)c1-3. The maximum atomic E-state index is 10.2. The van der Waals surface area contributed by atoms with E-state index in [1.54, 1.807) is 12.1 Å². The average molecular weight is 418 g/mol. The standard InChI is InChI=1S/C26H24ClNO2/c1-15-14-26(2,3)28-18-10-9-17-23(22(15)18)21(13-16-7-5-4-6-8-16)30-20-12-11-19(29)25(27)24(17)20/h4-12,14,21,28-29H,13H2,1-3H3. The van der Waals surface area contributed by atoms with E-state index < -0.39 is 0 Å². The maximum absolute atomic E-state index is 10.2. The van der Waals surface area contributed by atoms with Crippen molar-refractivity contribution in [1.29, 1.82) is 0 Å². The van der Waals surface area contributed by atoms with Crippen molar-refractivity contribution in [3.8, 4) is 22.6 Å². The third-order valence-electron chi connectivity index (χ3n) is 5.88. The first-order chi connectivity index (χ1) is 14.3. The summed E-state index contributed by atoms with van der Waals surface area (Å²) in [6, 6.07) is 18.0. The van der Waals surface area contributed by atoms with Crippen molar-refractivity contribution >= 4 is 22.9 Å². The lowest BCUT2D eigenvalue weighted by atomic mass is 9.80. The molecular weight excluding hydrogens is 394 g/mol. The summed E-state index contributed by atoms with van der Waals surface area (Å²) < 4.78 is 6.51. The van der Waals surface area contributed by atoms with Gasteiger partial charge in [0.2, 0.25) is 0 Å². The molecule has 2 aliphatic heterocycles. The Morgan fingerprint density at radius 3 is 2.57 bits per heavy atom. The van der Waals surface area contributed by atoms with Crippen molar-refractivity contribution in [1.82, 2.24) is 0 Å². The molecule has 0 saturated heterocycles. The van der Waals surface area contributed by atoms with Crippen LogP contribution in [0.4, 0.5) is 5.69 Å². The second kappa shape index (κ2) is 6.82. The Labute approximate surface area is 182 Å². The molecule has 0 spiro atoms. The van der Waals surface area contributed by atoms with Gasteiger partial charge >= 0.3 is 0 Å². The van der Waals surface area contributed by atoms with E-state index in [4.69, 9.17) is 16.3 Å². The molecule has 0 amide bonds. The summed E-state index contributed by atoms with van der Waals surface area (Å²) >= 11 is 6.55. The molecule has 0 fully saturated rings. The van der Waals surface area contributed by atoms with Gasteiger partial charge in [0.1, 0.15) is 17.6 Å². The molecule has 30 heavy (non-hydrogen) atoms. The highest BCUT2D eigenvalue weighted by Crippen LogP contribution is 2.53. The number of phenols is 1. The fourth-order valence-corrected chi connectivity index (χ4v) is 5.04. The van der Waals surface area contributed by atoms with E-state index in [0.29, 0.717) is 10.8 Å². The molecule has 1 atom stereocenters. The van der Waals surface area contributed by atoms with Gasteiger partial charge in [-0.2, -0.15) is 0 Å². The smallest absolute Gasteiger partial charge is 0.135 e. The number of anilines is 1. The number of ether oxygens (including phenoxy) is 1. The van der Waals surface area contributed by atoms with E-state index in [0.717, 1.165) is 34.4 Å². The van der Waals surface area contributed by atoms with Crippen LogP contribution in [0.5, 0.6) is 11.5 Å². The Balaban J connectivity index is 1.76. The maximum Gasteiger partial charge on any atom is 0.135 e. The quantitative estimate of drug-likeness (QED) is 0.471. The summed E-state index contributed by atoms with van der Waals surface area (Å²) in [5.41, 5.74) is 7.47. The lowest BCUT2D eigenvalue weighted by molar-refractivity contribution is 0.202. The van der Waals surface area contributed by atoms with Crippen LogP contribution in [0.3, 0.4) is 0 Å². The topological polar surface area (TPSA) is 41.5 Å². The Hall–Kier alpha value is -2.91. The molecule has 0 aromatic heterocycles. The Bertz CT molecular complexity index is 1180. The second-order valence-corrected chi connectivity index (χ2v) is 9.07. The van der Waals surface area contributed by atoms with E-state index in [1.165, 1.54) is 11.1 Å². The van der Waals surface area contributed by atoms with Gasteiger partial charge in [-0.15, -0.1) is 0 Å². The number of allylic oxidation sites excluding steroid dienone is 1. The zero-order valence-corrected chi connectivity index (χ0v) is 18.0. The molecule has 3 nitrogen and oxygen atoms in total. The molecule has 0 bridgehead atoms. The van der Waals surface area contributed by atoms with E-state index in [2.05, 4.69) is 68.6 Å². The second-order valence-electron chi connectivity index (χ2n) is 8.69. The molecule has 152 valence electrons. The normalized spacial score (nSPS) is 18.3. The van der Waals surface area contributed by atoms with Crippen molar-refractivity contribution < 1.29 is 9.84 Å². The van der Waals surface area contributed by atoms with Gasteiger partial charge in [-0.1, -0.05) is 54.1 Å². The molecule has 1 unspecified atom stereocenters. The molecule has 2 N–H and O–H groups in total. The van der Waals surface area contributed by atoms with Gasteiger partial charge in [-0.3, -0.25) is 0 Å². The van der Waals surface area contributed by atoms with Crippen molar-refractivity contribution in [2.75, 3.05) is 5.32 Å². The van der Waals surface area contributed by atoms with Gasteiger partial charge in [0.05, 0.1) is 10.6 Å². The Morgan fingerprint density at radius 1 is 1.03 bits per heavy atom. The number of hydrogen-bond donors (Lipinski definition) is 2. The lowest BCUT2D eigenvalue weighted by Gasteiger charge is -2.37. The van der Waals surface area contributed by atoms with Crippen LogP contribution in [0.1, 0.15) is 43.6 Å². The van der Waals surface area contributed by atoms with E-state index in [9.17, 15) is 5.11 Å². The predicted molar refractivity (Wildman–Crippen MR) is 123 cm³/mol. The highest BCUT2D eigenvalue weighted by Gasteiger charge is 2.35. The number of fused-ring (bicyclic) bond motifs is 5. The van der Waals surface area contributed by atoms with Crippen molar-refractivity contribution in [3.63, 3.8) is 0 Å². The van der Waals surface area contributed by atoms with Gasteiger partial charge in [0, 0.05) is 28.8 Å². The van der Waals surface area contributed by atoms with Crippen LogP contribution in [0.25, 0.3) is 16.7 Å². The predicted octanol–water partition coefficient (Wildman–Crippen LogP) is 7.00. The number of halogens is 1. The minimum Gasteiger partial charge on any atom is -0.506 e. The van der Waals surface area contributed by atoms with Crippen LogP contribution >= 0.6 is 11.6 Å². The molecule has 3 aromatic rings. The molecule has 5 rings (SSSR count). The summed E-state index contributed by atoms with van der Waals surface area (Å²) in [5.74, 6) is 0.771. The summed E-state index contributed by atoms with van der Waals surface area (Å²) in [6.45, 7) is 6.49. The molecule has 2 aliphatic rings. The first-order valence-electron chi connectivity index (χ1n) is 10.2. The molecule has 4 heteroatoms. The lowest BCUT2D eigenvalue weighted by Crippen LogP contribution is -2.32. The average Bonchev–Trinajstić information content (AvgIpc) is 2.70. The molecular formula is C26H24ClNO2. The number of rotatable bonds is 2. The van der Waals surface area contributed by atoms with E-state index in [1.807, 2.05) is 6.07 Å². The fourth-order valence-electron chi connectivity index (χ4n) is 4.78.